The van der Waals surface area contributed by atoms with Gasteiger partial charge in [-0.3, -0.25) is 0 Å². The van der Waals surface area contributed by atoms with Crippen LogP contribution in [0.25, 0.3) is 0 Å². The Labute approximate surface area is 78.9 Å². The van der Waals surface area contributed by atoms with Crippen molar-refractivity contribution >= 4 is 15.9 Å². The molecule has 0 radical (unpaired) electrons. The van der Waals surface area contributed by atoms with E-state index >= 15 is 0 Å². The van der Waals surface area contributed by atoms with Gasteiger partial charge in [0.05, 0.1) is 0 Å². The number of rotatable bonds is 3. The van der Waals surface area contributed by atoms with Gasteiger partial charge < -0.3 is 0 Å². The highest BCUT2D eigenvalue weighted by Crippen LogP contribution is 2.32. The van der Waals surface area contributed by atoms with Crippen molar-refractivity contribution in [2.75, 3.05) is 0 Å². The van der Waals surface area contributed by atoms with E-state index in [2.05, 4.69) is 22.9 Å². The van der Waals surface area contributed by atoms with Crippen molar-refractivity contribution in [1.82, 2.24) is 0 Å². The topological polar surface area (TPSA) is 0 Å². The van der Waals surface area contributed by atoms with Crippen LogP contribution >= 0.6 is 15.9 Å². The number of hydrogen-bond acceptors (Lipinski definition) is 0. The van der Waals surface area contributed by atoms with Gasteiger partial charge in [0.2, 0.25) is 0 Å². The lowest BCUT2D eigenvalue weighted by atomic mass is 9.86. The normalized spacial score (nSPS) is 23.5. The van der Waals surface area contributed by atoms with Crippen molar-refractivity contribution in [3.05, 3.63) is 0 Å². The molecule has 0 spiro atoms. The Kier molecular flexibility index (Phi) is 4.51. The fourth-order valence-corrected chi connectivity index (χ4v) is 2.99. The second-order valence-corrected chi connectivity index (χ2v) is 4.88. The van der Waals surface area contributed by atoms with Gasteiger partial charge in [-0.15, -0.1) is 0 Å². The fourth-order valence-electron chi connectivity index (χ4n) is 2.01. The monoisotopic (exact) mass is 218 g/mol. The summed E-state index contributed by atoms with van der Waals surface area (Å²) in [6.45, 7) is 2.27. The van der Waals surface area contributed by atoms with Gasteiger partial charge >= 0.3 is 0 Å². The number of alkyl halides is 1. The molecule has 1 atom stereocenters. The minimum Gasteiger partial charge on any atom is -0.0888 e. The van der Waals surface area contributed by atoms with Crippen LogP contribution in [-0.2, 0) is 0 Å². The van der Waals surface area contributed by atoms with Gasteiger partial charge in [0.1, 0.15) is 0 Å². The third kappa shape index (κ3) is 3.14. The Balaban J connectivity index is 2.21. The smallest absolute Gasteiger partial charge is 0.0174 e. The molecule has 0 saturated heterocycles. The van der Waals surface area contributed by atoms with Crippen LogP contribution in [0.5, 0.6) is 0 Å². The van der Waals surface area contributed by atoms with Gasteiger partial charge in [0.25, 0.3) is 0 Å². The lowest BCUT2D eigenvalue weighted by molar-refractivity contribution is 0.343. The van der Waals surface area contributed by atoms with Gasteiger partial charge in [-0.2, -0.15) is 0 Å². The molecular weight excluding hydrogens is 200 g/mol. The van der Waals surface area contributed by atoms with E-state index in [1.54, 1.807) is 0 Å². The molecule has 1 unspecified atom stereocenters. The zero-order valence-corrected chi connectivity index (χ0v) is 9.07. The van der Waals surface area contributed by atoms with E-state index in [1.165, 1.54) is 44.9 Å². The third-order valence-corrected chi connectivity index (χ3v) is 3.93. The lowest BCUT2D eigenvalue weighted by Crippen LogP contribution is -2.17. The summed E-state index contributed by atoms with van der Waals surface area (Å²) in [7, 11) is 0. The van der Waals surface area contributed by atoms with Gasteiger partial charge in [0, 0.05) is 4.83 Å². The predicted octanol–water partition coefficient (Wildman–Crippen LogP) is 4.13. The molecule has 66 valence electrons. The van der Waals surface area contributed by atoms with E-state index in [0.717, 1.165) is 10.7 Å². The van der Waals surface area contributed by atoms with E-state index < -0.39 is 0 Å². The lowest BCUT2D eigenvalue weighted by Gasteiger charge is -2.25. The average Bonchev–Trinajstić information content (AvgIpc) is 2.07. The maximum atomic E-state index is 3.80. The summed E-state index contributed by atoms with van der Waals surface area (Å²) in [5, 5.41) is 0. The molecule has 1 saturated carbocycles. The first-order valence-electron chi connectivity index (χ1n) is 4.98. The molecule has 0 aliphatic heterocycles. The Morgan fingerprint density at radius 1 is 1.27 bits per heavy atom. The molecule has 0 amide bonds. The SMILES string of the molecule is CCCC(Br)C1CCCCC1. The molecule has 1 heteroatoms. The van der Waals surface area contributed by atoms with Crippen molar-refractivity contribution in [1.29, 1.82) is 0 Å². The maximum Gasteiger partial charge on any atom is 0.0174 e. The van der Waals surface area contributed by atoms with Crippen molar-refractivity contribution in [3.63, 3.8) is 0 Å². The van der Waals surface area contributed by atoms with E-state index in [4.69, 9.17) is 0 Å². The molecule has 0 aromatic rings. The molecule has 0 aromatic heterocycles. The van der Waals surface area contributed by atoms with Crippen LogP contribution in [0.15, 0.2) is 0 Å². The molecular formula is C10H19Br. The average molecular weight is 219 g/mol. The zero-order valence-electron chi connectivity index (χ0n) is 7.48. The Hall–Kier alpha value is 0.480. The number of hydrogen-bond donors (Lipinski definition) is 0. The molecule has 1 aliphatic rings. The summed E-state index contributed by atoms with van der Waals surface area (Å²) < 4.78 is 0. The Morgan fingerprint density at radius 3 is 2.45 bits per heavy atom. The quantitative estimate of drug-likeness (QED) is 0.626. The van der Waals surface area contributed by atoms with Crippen LogP contribution in [0.3, 0.4) is 0 Å². The molecule has 1 rings (SSSR count). The molecule has 0 heterocycles. The molecule has 11 heavy (non-hydrogen) atoms. The van der Waals surface area contributed by atoms with Gasteiger partial charge in [-0.25, -0.2) is 0 Å². The van der Waals surface area contributed by atoms with Gasteiger partial charge in [0.15, 0.2) is 0 Å². The Bertz CT molecular complexity index is 95.0. The maximum absolute atomic E-state index is 3.80. The molecule has 0 nitrogen and oxygen atoms in total. The molecule has 0 aromatic carbocycles. The second-order valence-electron chi connectivity index (χ2n) is 3.70. The summed E-state index contributed by atoms with van der Waals surface area (Å²) in [5.74, 6) is 0.990. The van der Waals surface area contributed by atoms with Gasteiger partial charge in [-0.1, -0.05) is 48.5 Å². The minimum absolute atomic E-state index is 0.813. The first kappa shape index (κ1) is 9.57. The summed E-state index contributed by atoms with van der Waals surface area (Å²) in [6, 6.07) is 0. The van der Waals surface area contributed by atoms with Crippen LogP contribution in [-0.4, -0.2) is 4.83 Å². The van der Waals surface area contributed by atoms with Crippen LogP contribution in [0.1, 0.15) is 51.9 Å². The van der Waals surface area contributed by atoms with Crippen molar-refractivity contribution in [3.8, 4) is 0 Å². The second kappa shape index (κ2) is 5.18. The third-order valence-electron chi connectivity index (χ3n) is 2.73. The van der Waals surface area contributed by atoms with E-state index in [9.17, 15) is 0 Å². The summed E-state index contributed by atoms with van der Waals surface area (Å²) in [5.41, 5.74) is 0. The standard InChI is InChI=1S/C10H19Br/c1-2-6-10(11)9-7-4-3-5-8-9/h9-10H,2-8H2,1H3. The van der Waals surface area contributed by atoms with Crippen molar-refractivity contribution in [2.45, 2.75) is 56.7 Å². The van der Waals surface area contributed by atoms with E-state index in [-0.39, 0.29) is 0 Å². The largest absolute Gasteiger partial charge is 0.0888 e. The summed E-state index contributed by atoms with van der Waals surface area (Å²) in [4.78, 5) is 0.813. The summed E-state index contributed by atoms with van der Waals surface area (Å²) >= 11 is 3.80. The van der Waals surface area contributed by atoms with Crippen LogP contribution in [0.2, 0.25) is 0 Å². The van der Waals surface area contributed by atoms with Crippen LogP contribution in [0, 0.1) is 5.92 Å². The molecule has 1 aliphatic carbocycles. The molecule has 0 N–H and O–H groups in total. The Morgan fingerprint density at radius 2 is 1.91 bits per heavy atom. The van der Waals surface area contributed by atoms with Crippen molar-refractivity contribution < 1.29 is 0 Å². The fraction of sp³-hybridized carbons (Fsp3) is 1.00. The highest BCUT2D eigenvalue weighted by molar-refractivity contribution is 9.09. The van der Waals surface area contributed by atoms with Crippen molar-refractivity contribution in [2.24, 2.45) is 5.92 Å². The van der Waals surface area contributed by atoms with Crippen LogP contribution in [0.4, 0.5) is 0 Å². The summed E-state index contributed by atoms with van der Waals surface area (Å²) in [6.07, 6.45) is 10.0. The first-order chi connectivity index (χ1) is 5.34. The zero-order chi connectivity index (χ0) is 8.10. The molecule has 0 bridgehead atoms. The number of halogens is 1. The highest BCUT2D eigenvalue weighted by Gasteiger charge is 2.19. The van der Waals surface area contributed by atoms with Gasteiger partial charge in [-0.05, 0) is 25.2 Å². The minimum atomic E-state index is 0.813. The molecule has 1 fully saturated rings. The first-order valence-corrected chi connectivity index (χ1v) is 5.90. The van der Waals surface area contributed by atoms with E-state index in [1.807, 2.05) is 0 Å². The van der Waals surface area contributed by atoms with E-state index in [0.29, 0.717) is 0 Å². The predicted molar refractivity (Wildman–Crippen MR) is 54.2 cm³/mol. The highest BCUT2D eigenvalue weighted by atomic mass is 79.9. The van der Waals surface area contributed by atoms with Crippen LogP contribution < -0.4 is 0 Å².